The van der Waals surface area contributed by atoms with Gasteiger partial charge in [-0.25, -0.2) is 4.68 Å². The lowest BCUT2D eigenvalue weighted by atomic mass is 10.2. The van der Waals surface area contributed by atoms with Crippen molar-refractivity contribution in [3.05, 3.63) is 47.3 Å². The highest BCUT2D eigenvalue weighted by atomic mass is 19.4. The number of aryl methyl sites for hydroxylation is 1. The number of carbonyl (C=O) groups excluding carboxylic acids is 1. The largest absolute Gasteiger partial charge is 0.434 e. The molecule has 1 heterocycles. The number of halogens is 3. The number of rotatable bonds is 2. The van der Waals surface area contributed by atoms with E-state index in [4.69, 9.17) is 0 Å². The maximum Gasteiger partial charge on any atom is 0.434 e. The van der Waals surface area contributed by atoms with Crippen LogP contribution in [-0.4, -0.2) is 34.7 Å². The van der Waals surface area contributed by atoms with Gasteiger partial charge in [0.05, 0.1) is 17.4 Å². The zero-order chi connectivity index (χ0) is 15.8. The van der Waals surface area contributed by atoms with Crippen LogP contribution in [0.3, 0.4) is 0 Å². The predicted molar refractivity (Wildman–Crippen MR) is 71.3 cm³/mol. The Kier molecular flexibility index (Phi) is 3.76. The molecule has 4 nitrogen and oxygen atoms in total. The molecule has 21 heavy (non-hydrogen) atoms. The van der Waals surface area contributed by atoms with Gasteiger partial charge < -0.3 is 4.90 Å². The molecule has 2 rings (SSSR count). The van der Waals surface area contributed by atoms with Gasteiger partial charge in [-0.15, -0.1) is 0 Å². The van der Waals surface area contributed by atoms with Crippen molar-refractivity contribution in [3.63, 3.8) is 0 Å². The molecule has 112 valence electrons. The lowest BCUT2D eigenvalue weighted by Gasteiger charge is -2.14. The number of carbonyl (C=O) groups is 1. The third-order valence-corrected chi connectivity index (χ3v) is 2.95. The fourth-order valence-corrected chi connectivity index (χ4v) is 1.90. The Balaban J connectivity index is 2.63. The highest BCUT2D eigenvalue weighted by molar-refractivity contribution is 5.95. The summed E-state index contributed by atoms with van der Waals surface area (Å²) in [6, 6.07) is 6.43. The van der Waals surface area contributed by atoms with Gasteiger partial charge in [0.2, 0.25) is 0 Å². The molecule has 1 aromatic carbocycles. The monoisotopic (exact) mass is 297 g/mol. The van der Waals surface area contributed by atoms with E-state index in [0.29, 0.717) is 0 Å². The quantitative estimate of drug-likeness (QED) is 0.855. The fourth-order valence-electron chi connectivity index (χ4n) is 1.90. The molecular formula is C14H14F3N3O. The molecule has 0 aliphatic carbocycles. The third-order valence-electron chi connectivity index (χ3n) is 2.95. The predicted octanol–water partition coefficient (Wildman–Crippen LogP) is 2.90. The van der Waals surface area contributed by atoms with Gasteiger partial charge >= 0.3 is 6.18 Å². The summed E-state index contributed by atoms with van der Waals surface area (Å²) in [5.41, 5.74) is -0.354. The van der Waals surface area contributed by atoms with Gasteiger partial charge in [0, 0.05) is 14.1 Å². The van der Waals surface area contributed by atoms with E-state index in [9.17, 15) is 18.0 Å². The second kappa shape index (κ2) is 5.23. The van der Waals surface area contributed by atoms with E-state index in [1.807, 2.05) is 6.92 Å². The molecule has 7 heteroatoms. The van der Waals surface area contributed by atoms with Gasteiger partial charge in [0.25, 0.3) is 5.91 Å². The number of amides is 1. The maximum absolute atomic E-state index is 13.3. The summed E-state index contributed by atoms with van der Waals surface area (Å²) < 4.78 is 40.6. The minimum atomic E-state index is -4.68. The van der Waals surface area contributed by atoms with Crippen LogP contribution in [0, 0.1) is 6.92 Å². The number of benzene rings is 1. The number of aromatic nitrogens is 2. The number of nitrogens with zero attached hydrogens (tertiary/aromatic N) is 3. The normalized spacial score (nSPS) is 11.5. The van der Waals surface area contributed by atoms with E-state index in [1.54, 1.807) is 12.1 Å². The van der Waals surface area contributed by atoms with Gasteiger partial charge in [-0.2, -0.15) is 18.3 Å². The smallest absolute Gasteiger partial charge is 0.345 e. The standard InChI is InChI=1S/C14H14F3N3O/c1-9-4-6-10(7-5-9)20-12(14(15,16)17)11(8-18-20)13(21)19(2)3/h4-8H,1-3H3. The van der Waals surface area contributed by atoms with Crippen molar-refractivity contribution in [2.45, 2.75) is 13.1 Å². The van der Waals surface area contributed by atoms with Crippen molar-refractivity contribution in [1.82, 2.24) is 14.7 Å². The molecule has 1 amide bonds. The van der Waals surface area contributed by atoms with Crippen LogP contribution < -0.4 is 0 Å². The fraction of sp³-hybridized carbons (Fsp3) is 0.286. The first-order chi connectivity index (χ1) is 9.71. The summed E-state index contributed by atoms with van der Waals surface area (Å²) in [4.78, 5) is 13.0. The molecule has 0 bridgehead atoms. The van der Waals surface area contributed by atoms with Crippen molar-refractivity contribution in [3.8, 4) is 5.69 Å². The van der Waals surface area contributed by atoms with E-state index in [1.165, 1.54) is 26.2 Å². The van der Waals surface area contributed by atoms with Gasteiger partial charge in [-0.3, -0.25) is 4.79 Å². The first-order valence-electron chi connectivity index (χ1n) is 6.15. The summed E-state index contributed by atoms with van der Waals surface area (Å²) in [6.45, 7) is 1.83. The molecule has 0 aliphatic heterocycles. The van der Waals surface area contributed by atoms with Crippen LogP contribution in [0.25, 0.3) is 5.69 Å². The van der Waals surface area contributed by atoms with Crippen LogP contribution in [0.1, 0.15) is 21.6 Å². The lowest BCUT2D eigenvalue weighted by molar-refractivity contribution is -0.143. The van der Waals surface area contributed by atoms with Crippen LogP contribution in [0.5, 0.6) is 0 Å². The van der Waals surface area contributed by atoms with Gasteiger partial charge in [0.15, 0.2) is 5.69 Å². The summed E-state index contributed by atoms with van der Waals surface area (Å²) in [6.07, 6.45) is -3.73. The molecule has 0 unspecified atom stereocenters. The van der Waals surface area contributed by atoms with Crippen LogP contribution >= 0.6 is 0 Å². The third kappa shape index (κ3) is 2.91. The van der Waals surface area contributed by atoms with Gasteiger partial charge in [0.1, 0.15) is 0 Å². The highest BCUT2D eigenvalue weighted by Gasteiger charge is 2.40. The molecule has 0 N–H and O–H groups in total. The van der Waals surface area contributed by atoms with E-state index < -0.39 is 23.3 Å². The molecule has 0 radical (unpaired) electrons. The van der Waals surface area contributed by atoms with E-state index >= 15 is 0 Å². The highest BCUT2D eigenvalue weighted by Crippen LogP contribution is 2.34. The zero-order valence-corrected chi connectivity index (χ0v) is 11.8. The molecule has 0 saturated heterocycles. The number of hydrogen-bond donors (Lipinski definition) is 0. The second-order valence-corrected chi connectivity index (χ2v) is 4.85. The average Bonchev–Trinajstić information content (AvgIpc) is 2.83. The first-order valence-corrected chi connectivity index (χ1v) is 6.15. The van der Waals surface area contributed by atoms with Crippen molar-refractivity contribution >= 4 is 5.91 Å². The van der Waals surface area contributed by atoms with Crippen molar-refractivity contribution in [2.24, 2.45) is 0 Å². The Labute approximate surface area is 119 Å². The van der Waals surface area contributed by atoms with Crippen molar-refractivity contribution in [1.29, 1.82) is 0 Å². The Hall–Kier alpha value is -2.31. The minimum absolute atomic E-state index is 0.255. The zero-order valence-electron chi connectivity index (χ0n) is 11.8. The SMILES string of the molecule is Cc1ccc(-n2ncc(C(=O)N(C)C)c2C(F)(F)F)cc1. The van der Waals surface area contributed by atoms with Crippen molar-refractivity contribution < 1.29 is 18.0 Å². The summed E-state index contributed by atoms with van der Waals surface area (Å²) in [5, 5.41) is 3.74. The van der Waals surface area contributed by atoms with E-state index in [0.717, 1.165) is 21.3 Å². The van der Waals surface area contributed by atoms with Gasteiger partial charge in [-0.05, 0) is 19.1 Å². The first kappa shape index (κ1) is 15.1. The topological polar surface area (TPSA) is 38.1 Å². The molecule has 0 spiro atoms. The molecule has 2 aromatic rings. The summed E-state index contributed by atoms with van der Waals surface area (Å²) in [5.74, 6) is -0.735. The lowest BCUT2D eigenvalue weighted by Crippen LogP contribution is -2.25. The molecule has 0 fully saturated rings. The Morgan fingerprint density at radius 2 is 1.76 bits per heavy atom. The van der Waals surface area contributed by atoms with Crippen LogP contribution in [0.4, 0.5) is 13.2 Å². The van der Waals surface area contributed by atoms with E-state index in [2.05, 4.69) is 5.10 Å². The Bertz CT molecular complexity index is 657. The molecule has 0 saturated carbocycles. The van der Waals surface area contributed by atoms with Crippen LogP contribution in [0.2, 0.25) is 0 Å². The summed E-state index contributed by atoms with van der Waals surface area (Å²) >= 11 is 0. The number of hydrogen-bond acceptors (Lipinski definition) is 2. The van der Waals surface area contributed by atoms with Gasteiger partial charge in [-0.1, -0.05) is 17.7 Å². The van der Waals surface area contributed by atoms with Crippen LogP contribution in [0.15, 0.2) is 30.5 Å². The second-order valence-electron chi connectivity index (χ2n) is 4.85. The molecule has 0 atom stereocenters. The minimum Gasteiger partial charge on any atom is -0.345 e. The Morgan fingerprint density at radius 3 is 2.24 bits per heavy atom. The number of alkyl halides is 3. The molecular weight excluding hydrogens is 283 g/mol. The Morgan fingerprint density at radius 1 is 1.19 bits per heavy atom. The van der Waals surface area contributed by atoms with Crippen molar-refractivity contribution in [2.75, 3.05) is 14.1 Å². The molecule has 1 aromatic heterocycles. The van der Waals surface area contributed by atoms with E-state index in [-0.39, 0.29) is 5.69 Å². The molecule has 0 aliphatic rings. The van der Waals surface area contributed by atoms with Crippen LogP contribution in [-0.2, 0) is 6.18 Å². The average molecular weight is 297 g/mol. The maximum atomic E-state index is 13.3. The summed E-state index contributed by atoms with van der Waals surface area (Å²) in [7, 11) is 2.79.